The molecule has 20 heavy (non-hydrogen) atoms. The van der Waals surface area contributed by atoms with Crippen molar-refractivity contribution in [2.75, 3.05) is 13.1 Å². The molecule has 1 aliphatic carbocycles. The van der Waals surface area contributed by atoms with Gasteiger partial charge in [-0.25, -0.2) is 4.79 Å². The number of aromatic nitrogens is 1. The van der Waals surface area contributed by atoms with Crippen molar-refractivity contribution in [2.45, 2.75) is 25.7 Å². The smallest absolute Gasteiger partial charge is 0.314 e. The SMILES string of the molecule is O=C(NCCc1ccncc1)NCC1(C(=O)O)CCC1. The van der Waals surface area contributed by atoms with E-state index in [2.05, 4.69) is 15.6 Å². The van der Waals surface area contributed by atoms with Gasteiger partial charge in [-0.05, 0) is 37.0 Å². The van der Waals surface area contributed by atoms with Gasteiger partial charge in [0.05, 0.1) is 5.41 Å². The number of rotatable bonds is 6. The van der Waals surface area contributed by atoms with Gasteiger partial charge < -0.3 is 15.7 Å². The van der Waals surface area contributed by atoms with Crippen molar-refractivity contribution in [3.8, 4) is 0 Å². The van der Waals surface area contributed by atoms with Crippen LogP contribution in [0.1, 0.15) is 24.8 Å². The lowest BCUT2D eigenvalue weighted by Gasteiger charge is -2.37. The molecule has 1 aromatic rings. The fraction of sp³-hybridized carbons (Fsp3) is 0.500. The van der Waals surface area contributed by atoms with E-state index < -0.39 is 11.4 Å². The first-order valence-corrected chi connectivity index (χ1v) is 6.76. The number of hydrogen-bond donors (Lipinski definition) is 3. The molecule has 6 heteroatoms. The van der Waals surface area contributed by atoms with Crippen LogP contribution in [0.4, 0.5) is 4.79 Å². The number of aliphatic carboxylic acids is 1. The average Bonchev–Trinajstić information content (AvgIpc) is 2.38. The molecule has 1 aromatic heterocycles. The predicted octanol–water partition coefficient (Wildman–Crippen LogP) is 1.18. The summed E-state index contributed by atoms with van der Waals surface area (Å²) < 4.78 is 0. The zero-order chi connectivity index (χ0) is 14.4. The second kappa shape index (κ2) is 6.36. The Hall–Kier alpha value is -2.11. The molecular formula is C14H19N3O3. The highest BCUT2D eigenvalue weighted by atomic mass is 16.4. The topological polar surface area (TPSA) is 91.3 Å². The van der Waals surface area contributed by atoms with Crippen molar-refractivity contribution in [2.24, 2.45) is 5.41 Å². The third kappa shape index (κ3) is 3.46. The van der Waals surface area contributed by atoms with Gasteiger partial charge >= 0.3 is 12.0 Å². The Bertz CT molecular complexity index is 472. The monoisotopic (exact) mass is 277 g/mol. The van der Waals surface area contributed by atoms with E-state index in [0.717, 1.165) is 18.4 Å². The molecule has 0 aliphatic heterocycles. The first-order valence-electron chi connectivity index (χ1n) is 6.76. The van der Waals surface area contributed by atoms with Gasteiger partial charge in [0.1, 0.15) is 0 Å². The van der Waals surface area contributed by atoms with Crippen molar-refractivity contribution < 1.29 is 14.7 Å². The van der Waals surface area contributed by atoms with Crippen LogP contribution in [-0.2, 0) is 11.2 Å². The van der Waals surface area contributed by atoms with Crippen LogP contribution in [0.25, 0.3) is 0 Å². The number of nitrogens with one attached hydrogen (secondary N) is 2. The first-order chi connectivity index (χ1) is 9.62. The largest absolute Gasteiger partial charge is 0.481 e. The number of amides is 2. The van der Waals surface area contributed by atoms with E-state index in [-0.39, 0.29) is 12.6 Å². The molecule has 108 valence electrons. The summed E-state index contributed by atoms with van der Waals surface area (Å²) >= 11 is 0. The van der Waals surface area contributed by atoms with Crippen LogP contribution in [0.5, 0.6) is 0 Å². The summed E-state index contributed by atoms with van der Waals surface area (Å²) in [5.74, 6) is -0.819. The third-order valence-corrected chi connectivity index (χ3v) is 3.80. The quantitative estimate of drug-likeness (QED) is 0.728. The Morgan fingerprint density at radius 1 is 1.25 bits per heavy atom. The van der Waals surface area contributed by atoms with E-state index in [1.54, 1.807) is 12.4 Å². The molecule has 0 atom stereocenters. The maximum atomic E-state index is 11.6. The normalized spacial score (nSPS) is 16.0. The third-order valence-electron chi connectivity index (χ3n) is 3.80. The van der Waals surface area contributed by atoms with Gasteiger partial charge in [0.25, 0.3) is 0 Å². The molecule has 1 fully saturated rings. The molecule has 1 heterocycles. The standard InChI is InChI=1S/C14H19N3O3/c18-12(19)14(5-1-6-14)10-17-13(20)16-9-4-11-2-7-15-8-3-11/h2-3,7-8H,1,4-6,9-10H2,(H,18,19)(H2,16,17,20). The number of carbonyl (C=O) groups is 2. The van der Waals surface area contributed by atoms with Crippen molar-refractivity contribution >= 4 is 12.0 Å². The van der Waals surface area contributed by atoms with Gasteiger partial charge in [-0.3, -0.25) is 9.78 Å². The Kier molecular flexibility index (Phi) is 4.55. The summed E-state index contributed by atoms with van der Waals surface area (Å²) in [5.41, 5.74) is 0.351. The highest BCUT2D eigenvalue weighted by molar-refractivity contribution is 5.78. The Morgan fingerprint density at radius 3 is 2.50 bits per heavy atom. The van der Waals surface area contributed by atoms with Crippen molar-refractivity contribution in [1.29, 1.82) is 0 Å². The minimum absolute atomic E-state index is 0.198. The highest BCUT2D eigenvalue weighted by Gasteiger charge is 2.44. The predicted molar refractivity (Wildman–Crippen MR) is 73.3 cm³/mol. The lowest BCUT2D eigenvalue weighted by atomic mass is 9.69. The second-order valence-corrected chi connectivity index (χ2v) is 5.15. The van der Waals surface area contributed by atoms with Crippen LogP contribution in [-0.4, -0.2) is 35.2 Å². The fourth-order valence-corrected chi connectivity index (χ4v) is 2.25. The Balaban J connectivity index is 1.67. The average molecular weight is 277 g/mol. The van der Waals surface area contributed by atoms with E-state index in [1.165, 1.54) is 0 Å². The van der Waals surface area contributed by atoms with Gasteiger partial charge in [0, 0.05) is 25.5 Å². The molecule has 0 aromatic carbocycles. The molecule has 1 saturated carbocycles. The van der Waals surface area contributed by atoms with Gasteiger partial charge in [-0.15, -0.1) is 0 Å². The summed E-state index contributed by atoms with van der Waals surface area (Å²) in [4.78, 5) is 26.7. The van der Waals surface area contributed by atoms with Crippen LogP contribution in [0, 0.1) is 5.41 Å². The molecule has 2 amide bonds. The number of nitrogens with zero attached hydrogens (tertiary/aromatic N) is 1. The number of urea groups is 1. The van der Waals surface area contributed by atoms with Gasteiger partial charge in [0.2, 0.25) is 0 Å². The lowest BCUT2D eigenvalue weighted by molar-refractivity contribution is -0.153. The minimum Gasteiger partial charge on any atom is -0.481 e. The van der Waals surface area contributed by atoms with E-state index in [0.29, 0.717) is 19.4 Å². The summed E-state index contributed by atoms with van der Waals surface area (Å²) in [6.07, 6.45) is 6.34. The summed E-state index contributed by atoms with van der Waals surface area (Å²) in [5, 5.41) is 14.5. The maximum absolute atomic E-state index is 11.6. The van der Waals surface area contributed by atoms with Crippen LogP contribution in [0.3, 0.4) is 0 Å². The van der Waals surface area contributed by atoms with Crippen LogP contribution in [0.2, 0.25) is 0 Å². The Morgan fingerprint density at radius 2 is 1.95 bits per heavy atom. The first kappa shape index (κ1) is 14.3. The van der Waals surface area contributed by atoms with Crippen LogP contribution < -0.4 is 10.6 Å². The zero-order valence-electron chi connectivity index (χ0n) is 11.3. The minimum atomic E-state index is -0.819. The van der Waals surface area contributed by atoms with Gasteiger partial charge in [-0.1, -0.05) is 6.42 Å². The maximum Gasteiger partial charge on any atom is 0.314 e. The molecule has 1 aliphatic rings. The molecule has 0 saturated heterocycles. The molecular weight excluding hydrogens is 258 g/mol. The van der Waals surface area contributed by atoms with Gasteiger partial charge in [0.15, 0.2) is 0 Å². The molecule has 0 spiro atoms. The summed E-state index contributed by atoms with van der Waals surface area (Å²) in [6, 6.07) is 3.48. The number of pyridine rings is 1. The van der Waals surface area contributed by atoms with Gasteiger partial charge in [-0.2, -0.15) is 0 Å². The number of hydrogen-bond acceptors (Lipinski definition) is 3. The molecule has 3 N–H and O–H groups in total. The summed E-state index contributed by atoms with van der Waals surface area (Å²) in [7, 11) is 0. The van der Waals surface area contributed by atoms with Crippen LogP contribution >= 0.6 is 0 Å². The lowest BCUT2D eigenvalue weighted by Crippen LogP contribution is -2.49. The summed E-state index contributed by atoms with van der Waals surface area (Å²) in [6.45, 7) is 0.708. The van der Waals surface area contributed by atoms with E-state index in [1.807, 2.05) is 12.1 Å². The second-order valence-electron chi connectivity index (χ2n) is 5.15. The number of carboxylic acids is 1. The van der Waals surface area contributed by atoms with Crippen LogP contribution in [0.15, 0.2) is 24.5 Å². The van der Waals surface area contributed by atoms with Crippen molar-refractivity contribution in [3.05, 3.63) is 30.1 Å². The zero-order valence-corrected chi connectivity index (χ0v) is 11.3. The van der Waals surface area contributed by atoms with E-state index in [9.17, 15) is 9.59 Å². The fourth-order valence-electron chi connectivity index (χ4n) is 2.25. The molecule has 0 radical (unpaired) electrons. The molecule has 0 bridgehead atoms. The number of carboxylic acid groups (broad SMARTS) is 1. The van der Waals surface area contributed by atoms with Crippen molar-refractivity contribution in [3.63, 3.8) is 0 Å². The Labute approximate surface area is 117 Å². The molecule has 6 nitrogen and oxygen atoms in total. The van der Waals surface area contributed by atoms with E-state index in [4.69, 9.17) is 5.11 Å². The molecule has 0 unspecified atom stereocenters. The van der Waals surface area contributed by atoms with Crippen molar-refractivity contribution in [1.82, 2.24) is 15.6 Å². The highest BCUT2D eigenvalue weighted by Crippen LogP contribution is 2.40. The molecule has 2 rings (SSSR count). The van der Waals surface area contributed by atoms with E-state index >= 15 is 0 Å². The number of carbonyl (C=O) groups excluding carboxylic acids is 1.